The molecule has 6 nitrogen and oxygen atoms in total. The van der Waals surface area contributed by atoms with Crippen LogP contribution in [0.5, 0.6) is 5.75 Å². The van der Waals surface area contributed by atoms with E-state index in [1.54, 1.807) is 60.7 Å². The molecule has 0 saturated heterocycles. The predicted octanol–water partition coefficient (Wildman–Crippen LogP) is 4.15. The fraction of sp³-hybridized carbons (Fsp3) is 0.0455. The van der Waals surface area contributed by atoms with E-state index < -0.39 is 11.8 Å². The third kappa shape index (κ3) is 6.15. The Morgan fingerprint density at radius 1 is 1.00 bits per heavy atom. The molecule has 0 fully saturated rings. The van der Waals surface area contributed by atoms with Crippen molar-refractivity contribution in [2.24, 2.45) is 5.10 Å². The summed E-state index contributed by atoms with van der Waals surface area (Å²) in [6.45, 7) is 0.109. The molecule has 0 atom stereocenters. The second-order valence-corrected chi connectivity index (χ2v) is 6.55. The summed E-state index contributed by atoms with van der Waals surface area (Å²) in [5.41, 5.74) is 3.68. The molecule has 3 aromatic rings. The minimum atomic E-state index is -0.920. The smallest absolute Gasteiger partial charge is 0.329 e. The SMILES string of the molecule is O=C(N/N=C/c1ccc(OCc2ccccc2F)cc1)C(=O)Nc1cccc(Cl)c1. The molecule has 0 aliphatic carbocycles. The summed E-state index contributed by atoms with van der Waals surface area (Å²) in [5, 5.41) is 6.61. The van der Waals surface area contributed by atoms with E-state index in [-0.39, 0.29) is 12.4 Å². The van der Waals surface area contributed by atoms with Gasteiger partial charge in [-0.2, -0.15) is 5.10 Å². The van der Waals surface area contributed by atoms with Crippen molar-refractivity contribution >= 4 is 35.3 Å². The molecule has 0 aromatic heterocycles. The Hall–Kier alpha value is -3.71. The number of nitrogens with zero attached hydrogens (tertiary/aromatic N) is 1. The van der Waals surface area contributed by atoms with Gasteiger partial charge in [0.05, 0.1) is 6.21 Å². The van der Waals surface area contributed by atoms with E-state index >= 15 is 0 Å². The first-order chi connectivity index (χ1) is 14.5. The summed E-state index contributed by atoms with van der Waals surface area (Å²) in [7, 11) is 0. The number of carbonyl (C=O) groups excluding carboxylic acids is 2. The van der Waals surface area contributed by atoms with E-state index in [1.165, 1.54) is 18.3 Å². The van der Waals surface area contributed by atoms with Gasteiger partial charge in [-0.1, -0.05) is 35.9 Å². The highest BCUT2D eigenvalue weighted by Crippen LogP contribution is 2.16. The van der Waals surface area contributed by atoms with Crippen molar-refractivity contribution in [3.8, 4) is 5.75 Å². The Morgan fingerprint density at radius 3 is 2.50 bits per heavy atom. The number of anilines is 1. The zero-order valence-electron chi connectivity index (χ0n) is 15.6. The highest BCUT2D eigenvalue weighted by molar-refractivity contribution is 6.39. The monoisotopic (exact) mass is 425 g/mol. The molecule has 0 unspecified atom stereocenters. The largest absolute Gasteiger partial charge is 0.489 e. The van der Waals surface area contributed by atoms with E-state index in [9.17, 15) is 14.0 Å². The molecular weight excluding hydrogens is 409 g/mol. The molecule has 0 radical (unpaired) electrons. The molecule has 0 saturated carbocycles. The van der Waals surface area contributed by atoms with Crippen molar-refractivity contribution in [3.05, 3.63) is 94.8 Å². The molecular formula is C22H17ClFN3O3. The van der Waals surface area contributed by atoms with Crippen molar-refractivity contribution in [3.63, 3.8) is 0 Å². The summed E-state index contributed by atoms with van der Waals surface area (Å²) in [6, 6.07) is 19.6. The number of nitrogens with one attached hydrogen (secondary N) is 2. The predicted molar refractivity (Wildman–Crippen MR) is 113 cm³/mol. The summed E-state index contributed by atoms with van der Waals surface area (Å²) >= 11 is 5.83. The second-order valence-electron chi connectivity index (χ2n) is 6.11. The van der Waals surface area contributed by atoms with Crippen LogP contribution in [0.1, 0.15) is 11.1 Å². The van der Waals surface area contributed by atoms with Gasteiger partial charge in [0.25, 0.3) is 0 Å². The standard InChI is InChI=1S/C22H17ClFN3O3/c23-17-5-3-6-18(12-17)26-21(28)22(29)27-25-13-15-8-10-19(11-9-15)30-14-16-4-1-2-7-20(16)24/h1-13H,14H2,(H,26,28)(H,27,29)/b25-13+. The molecule has 3 rings (SSSR count). The van der Waals surface area contributed by atoms with E-state index in [2.05, 4.69) is 15.8 Å². The number of benzene rings is 3. The van der Waals surface area contributed by atoms with Crippen LogP contribution in [0.25, 0.3) is 0 Å². The third-order valence-corrected chi connectivity index (χ3v) is 4.14. The van der Waals surface area contributed by atoms with Gasteiger partial charge in [-0.25, -0.2) is 9.82 Å². The summed E-state index contributed by atoms with van der Waals surface area (Å²) < 4.78 is 19.1. The van der Waals surface area contributed by atoms with Gasteiger partial charge in [-0.05, 0) is 54.1 Å². The van der Waals surface area contributed by atoms with Crippen LogP contribution >= 0.6 is 11.6 Å². The summed E-state index contributed by atoms with van der Waals surface area (Å²) in [4.78, 5) is 23.6. The molecule has 8 heteroatoms. The lowest BCUT2D eigenvalue weighted by Crippen LogP contribution is -2.32. The molecule has 0 heterocycles. The zero-order chi connectivity index (χ0) is 21.3. The van der Waals surface area contributed by atoms with Gasteiger partial charge in [-0.15, -0.1) is 0 Å². The lowest BCUT2D eigenvalue weighted by molar-refractivity contribution is -0.136. The van der Waals surface area contributed by atoms with Gasteiger partial charge in [0.1, 0.15) is 18.2 Å². The van der Waals surface area contributed by atoms with Crippen LogP contribution in [0.15, 0.2) is 77.9 Å². The number of halogens is 2. The van der Waals surface area contributed by atoms with Crippen LogP contribution in [0, 0.1) is 5.82 Å². The number of hydrogen-bond acceptors (Lipinski definition) is 4. The Morgan fingerprint density at radius 2 is 1.77 bits per heavy atom. The first-order valence-electron chi connectivity index (χ1n) is 8.87. The van der Waals surface area contributed by atoms with Gasteiger partial charge in [0, 0.05) is 16.3 Å². The Kier molecular flexibility index (Phi) is 7.13. The minimum absolute atomic E-state index is 0.109. The quantitative estimate of drug-likeness (QED) is 0.354. The molecule has 0 aliphatic rings. The van der Waals surface area contributed by atoms with E-state index in [4.69, 9.17) is 16.3 Å². The minimum Gasteiger partial charge on any atom is -0.489 e. The first kappa shape index (κ1) is 21.0. The number of amides is 2. The molecule has 0 bridgehead atoms. The van der Waals surface area contributed by atoms with Crippen LogP contribution in [0.2, 0.25) is 5.02 Å². The maximum atomic E-state index is 13.6. The van der Waals surface area contributed by atoms with Crippen LogP contribution in [-0.2, 0) is 16.2 Å². The van der Waals surface area contributed by atoms with Gasteiger partial charge < -0.3 is 10.1 Å². The topological polar surface area (TPSA) is 79.8 Å². The molecule has 2 N–H and O–H groups in total. The van der Waals surface area contributed by atoms with Gasteiger partial charge in [0.2, 0.25) is 0 Å². The van der Waals surface area contributed by atoms with Crippen LogP contribution < -0.4 is 15.5 Å². The average Bonchev–Trinajstić information content (AvgIpc) is 2.74. The normalized spacial score (nSPS) is 10.6. The van der Waals surface area contributed by atoms with Crippen molar-refractivity contribution in [1.29, 1.82) is 0 Å². The molecule has 152 valence electrons. The molecule has 0 spiro atoms. The van der Waals surface area contributed by atoms with Crippen LogP contribution in [0.3, 0.4) is 0 Å². The molecule has 3 aromatic carbocycles. The number of ether oxygens (including phenoxy) is 1. The second kappa shape index (κ2) is 10.2. The van der Waals surface area contributed by atoms with Crippen molar-refractivity contribution in [1.82, 2.24) is 5.43 Å². The lowest BCUT2D eigenvalue weighted by Gasteiger charge is -2.07. The van der Waals surface area contributed by atoms with E-state index in [1.807, 2.05) is 0 Å². The van der Waals surface area contributed by atoms with E-state index in [0.717, 1.165) is 0 Å². The number of hydrazone groups is 1. The Bertz CT molecular complexity index is 1070. The fourth-order valence-corrected chi connectivity index (χ4v) is 2.59. The summed E-state index contributed by atoms with van der Waals surface area (Å²) in [5.74, 6) is -1.56. The molecule has 30 heavy (non-hydrogen) atoms. The summed E-state index contributed by atoms with van der Waals surface area (Å²) in [6.07, 6.45) is 1.38. The highest BCUT2D eigenvalue weighted by atomic mass is 35.5. The third-order valence-electron chi connectivity index (χ3n) is 3.90. The number of hydrogen-bond donors (Lipinski definition) is 2. The maximum absolute atomic E-state index is 13.6. The Balaban J connectivity index is 1.48. The number of carbonyl (C=O) groups is 2. The fourth-order valence-electron chi connectivity index (χ4n) is 2.40. The highest BCUT2D eigenvalue weighted by Gasteiger charge is 2.12. The average molecular weight is 426 g/mol. The lowest BCUT2D eigenvalue weighted by atomic mass is 10.2. The van der Waals surface area contributed by atoms with E-state index in [0.29, 0.717) is 27.6 Å². The Labute approximate surface area is 177 Å². The first-order valence-corrected chi connectivity index (χ1v) is 9.25. The molecule has 2 amide bonds. The maximum Gasteiger partial charge on any atom is 0.329 e. The van der Waals surface area contributed by atoms with Crippen molar-refractivity contribution < 1.29 is 18.7 Å². The van der Waals surface area contributed by atoms with Crippen molar-refractivity contribution in [2.75, 3.05) is 5.32 Å². The van der Waals surface area contributed by atoms with Gasteiger partial charge in [0.15, 0.2) is 0 Å². The van der Waals surface area contributed by atoms with Gasteiger partial charge >= 0.3 is 11.8 Å². The van der Waals surface area contributed by atoms with Crippen LogP contribution in [-0.4, -0.2) is 18.0 Å². The van der Waals surface area contributed by atoms with Gasteiger partial charge in [-0.3, -0.25) is 9.59 Å². The van der Waals surface area contributed by atoms with Crippen molar-refractivity contribution in [2.45, 2.75) is 6.61 Å². The molecule has 0 aliphatic heterocycles. The van der Waals surface area contributed by atoms with Crippen LogP contribution in [0.4, 0.5) is 10.1 Å². The zero-order valence-corrected chi connectivity index (χ0v) is 16.4. The number of rotatable bonds is 6.